The number of rotatable bonds is 4. The highest BCUT2D eigenvalue weighted by atomic mass is 32.2. The first-order chi connectivity index (χ1) is 14.2. The first-order valence-electron chi connectivity index (χ1n) is 9.76. The SMILES string of the molecule is COc1ccc2ccc(OC)c([C@@H]3[C@@H](c4ccccn4)N=C4S[C@@H](C)CN43)c2c1. The molecule has 0 radical (unpaired) electrons. The average molecular weight is 406 g/mol. The van der Waals surface area contributed by atoms with E-state index in [1.165, 1.54) is 0 Å². The van der Waals surface area contributed by atoms with Gasteiger partial charge in [0.15, 0.2) is 5.17 Å². The lowest BCUT2D eigenvalue weighted by Crippen LogP contribution is -2.29. The number of nitrogens with zero attached hydrogens (tertiary/aromatic N) is 3. The normalized spacial score (nSPS) is 23.2. The molecule has 0 unspecified atom stereocenters. The van der Waals surface area contributed by atoms with E-state index in [1.807, 2.05) is 36.2 Å². The molecule has 6 heteroatoms. The van der Waals surface area contributed by atoms with Gasteiger partial charge in [0.1, 0.15) is 17.5 Å². The Morgan fingerprint density at radius 3 is 2.69 bits per heavy atom. The monoisotopic (exact) mass is 405 g/mol. The van der Waals surface area contributed by atoms with Crippen molar-refractivity contribution in [3.05, 3.63) is 66.0 Å². The minimum Gasteiger partial charge on any atom is -0.497 e. The van der Waals surface area contributed by atoms with Crippen LogP contribution in [0.1, 0.15) is 30.3 Å². The molecule has 2 aromatic carbocycles. The fourth-order valence-electron chi connectivity index (χ4n) is 4.34. The summed E-state index contributed by atoms with van der Waals surface area (Å²) in [6, 6.07) is 16.4. The van der Waals surface area contributed by atoms with Gasteiger partial charge in [0.25, 0.3) is 0 Å². The Kier molecular flexibility index (Phi) is 4.59. The summed E-state index contributed by atoms with van der Waals surface area (Å²) in [6.07, 6.45) is 1.84. The molecule has 1 aromatic heterocycles. The molecule has 1 fully saturated rings. The Labute approximate surface area is 174 Å². The molecule has 5 rings (SSSR count). The lowest BCUT2D eigenvalue weighted by atomic mass is 9.91. The number of aliphatic imine (C=N–C) groups is 1. The van der Waals surface area contributed by atoms with E-state index in [2.05, 4.69) is 47.1 Å². The van der Waals surface area contributed by atoms with E-state index in [0.717, 1.165) is 45.2 Å². The molecule has 2 aliphatic heterocycles. The van der Waals surface area contributed by atoms with Crippen molar-refractivity contribution in [3.8, 4) is 11.5 Å². The summed E-state index contributed by atoms with van der Waals surface area (Å²) < 4.78 is 11.4. The second-order valence-corrected chi connectivity index (χ2v) is 8.81. The molecule has 3 heterocycles. The zero-order chi connectivity index (χ0) is 20.0. The van der Waals surface area contributed by atoms with Crippen LogP contribution in [0.25, 0.3) is 10.8 Å². The standard InChI is InChI=1S/C23H23N3O2S/c1-14-13-26-22(21(25-23(26)29-14)18-6-4-5-11-24-18)20-17-12-16(27-2)9-7-15(17)8-10-19(20)28-3/h4-12,14,21-22H,13H2,1-3H3/t14-,21+,22+/m0/s1. The molecule has 2 aliphatic rings. The Balaban J connectivity index is 1.74. The number of amidine groups is 1. The van der Waals surface area contributed by atoms with E-state index in [0.29, 0.717) is 5.25 Å². The van der Waals surface area contributed by atoms with E-state index >= 15 is 0 Å². The number of pyridine rings is 1. The summed E-state index contributed by atoms with van der Waals surface area (Å²) in [5.41, 5.74) is 2.13. The van der Waals surface area contributed by atoms with Gasteiger partial charge in [0.2, 0.25) is 0 Å². The van der Waals surface area contributed by atoms with Crippen LogP contribution in [-0.4, -0.2) is 41.1 Å². The number of benzene rings is 2. The third-order valence-corrected chi connectivity index (χ3v) is 6.73. The minimum atomic E-state index is -0.0723. The molecule has 0 bridgehead atoms. The van der Waals surface area contributed by atoms with Crippen LogP contribution in [-0.2, 0) is 0 Å². The highest BCUT2D eigenvalue weighted by Crippen LogP contribution is 2.51. The first-order valence-corrected chi connectivity index (χ1v) is 10.6. The van der Waals surface area contributed by atoms with Crippen molar-refractivity contribution in [3.63, 3.8) is 0 Å². The van der Waals surface area contributed by atoms with Crippen molar-refractivity contribution in [1.29, 1.82) is 0 Å². The highest BCUT2D eigenvalue weighted by molar-refractivity contribution is 8.14. The number of fused-ring (bicyclic) bond motifs is 2. The quantitative estimate of drug-likeness (QED) is 0.621. The number of hydrogen-bond donors (Lipinski definition) is 0. The molecule has 0 amide bonds. The minimum absolute atomic E-state index is 0.0307. The van der Waals surface area contributed by atoms with Gasteiger partial charge >= 0.3 is 0 Å². The van der Waals surface area contributed by atoms with Crippen molar-refractivity contribution in [2.75, 3.05) is 20.8 Å². The van der Waals surface area contributed by atoms with Gasteiger partial charge in [-0.1, -0.05) is 36.9 Å². The lowest BCUT2D eigenvalue weighted by Gasteiger charge is -2.29. The smallest absolute Gasteiger partial charge is 0.160 e. The third-order valence-electron chi connectivity index (χ3n) is 5.63. The van der Waals surface area contributed by atoms with E-state index in [-0.39, 0.29) is 12.1 Å². The van der Waals surface area contributed by atoms with Crippen LogP contribution in [0.5, 0.6) is 11.5 Å². The van der Waals surface area contributed by atoms with Gasteiger partial charge in [0.05, 0.1) is 26.0 Å². The Morgan fingerprint density at radius 1 is 1.07 bits per heavy atom. The molecule has 0 saturated carbocycles. The topological polar surface area (TPSA) is 47.0 Å². The van der Waals surface area contributed by atoms with E-state index in [1.54, 1.807) is 14.2 Å². The molecule has 0 spiro atoms. The van der Waals surface area contributed by atoms with Gasteiger partial charge in [-0.2, -0.15) is 0 Å². The number of methoxy groups -OCH3 is 2. The molecule has 3 aromatic rings. The van der Waals surface area contributed by atoms with E-state index < -0.39 is 0 Å². The van der Waals surface area contributed by atoms with Crippen LogP contribution >= 0.6 is 11.8 Å². The van der Waals surface area contributed by atoms with Crippen LogP contribution in [0.3, 0.4) is 0 Å². The van der Waals surface area contributed by atoms with E-state index in [9.17, 15) is 0 Å². The zero-order valence-electron chi connectivity index (χ0n) is 16.7. The average Bonchev–Trinajstić information content (AvgIpc) is 3.29. The Hall–Kier alpha value is -2.73. The second-order valence-electron chi connectivity index (χ2n) is 7.41. The van der Waals surface area contributed by atoms with Crippen LogP contribution in [0.15, 0.2) is 59.7 Å². The Bertz CT molecular complexity index is 1080. The summed E-state index contributed by atoms with van der Waals surface area (Å²) in [7, 11) is 3.44. The highest BCUT2D eigenvalue weighted by Gasteiger charge is 2.45. The predicted octanol–water partition coefficient (Wildman–Crippen LogP) is 4.84. The summed E-state index contributed by atoms with van der Waals surface area (Å²) in [5, 5.41) is 3.90. The fraction of sp³-hybridized carbons (Fsp3) is 0.304. The van der Waals surface area contributed by atoms with Gasteiger partial charge in [-0.05, 0) is 41.1 Å². The van der Waals surface area contributed by atoms with Crippen LogP contribution in [0, 0.1) is 0 Å². The fourth-order valence-corrected chi connectivity index (χ4v) is 5.43. The summed E-state index contributed by atoms with van der Waals surface area (Å²) >= 11 is 1.84. The van der Waals surface area contributed by atoms with E-state index in [4.69, 9.17) is 14.5 Å². The summed E-state index contributed by atoms with van der Waals surface area (Å²) in [6.45, 7) is 3.21. The lowest BCUT2D eigenvalue weighted by molar-refractivity contribution is 0.310. The van der Waals surface area contributed by atoms with Gasteiger partial charge in [-0.25, -0.2) is 0 Å². The molecule has 1 saturated heterocycles. The van der Waals surface area contributed by atoms with Gasteiger partial charge in [0, 0.05) is 23.6 Å². The van der Waals surface area contributed by atoms with Crippen molar-refractivity contribution in [2.24, 2.45) is 4.99 Å². The van der Waals surface area contributed by atoms with Gasteiger partial charge in [-0.3, -0.25) is 9.98 Å². The zero-order valence-corrected chi connectivity index (χ0v) is 17.5. The van der Waals surface area contributed by atoms with Crippen molar-refractivity contribution in [1.82, 2.24) is 9.88 Å². The van der Waals surface area contributed by atoms with Gasteiger partial charge < -0.3 is 14.4 Å². The Morgan fingerprint density at radius 2 is 1.93 bits per heavy atom. The third kappa shape index (κ3) is 3.02. The second kappa shape index (κ2) is 7.26. The number of thioether (sulfide) groups is 1. The molecular weight excluding hydrogens is 382 g/mol. The molecule has 0 aliphatic carbocycles. The maximum absolute atomic E-state index is 5.85. The maximum atomic E-state index is 5.85. The van der Waals surface area contributed by atoms with Crippen LogP contribution in [0.2, 0.25) is 0 Å². The van der Waals surface area contributed by atoms with Gasteiger partial charge in [-0.15, -0.1) is 0 Å². The van der Waals surface area contributed by atoms with Crippen LogP contribution < -0.4 is 9.47 Å². The maximum Gasteiger partial charge on any atom is 0.160 e. The molecule has 0 N–H and O–H groups in total. The largest absolute Gasteiger partial charge is 0.497 e. The van der Waals surface area contributed by atoms with Crippen LogP contribution in [0.4, 0.5) is 0 Å². The van der Waals surface area contributed by atoms with Crippen molar-refractivity contribution < 1.29 is 9.47 Å². The molecule has 5 nitrogen and oxygen atoms in total. The summed E-state index contributed by atoms with van der Waals surface area (Å²) in [4.78, 5) is 12.2. The predicted molar refractivity (Wildman–Crippen MR) is 118 cm³/mol. The molecular formula is C23H23N3O2S. The first kappa shape index (κ1) is 18.3. The van der Waals surface area contributed by atoms with Crippen molar-refractivity contribution in [2.45, 2.75) is 24.3 Å². The number of aromatic nitrogens is 1. The molecule has 148 valence electrons. The number of ether oxygens (including phenoxy) is 2. The summed E-state index contributed by atoms with van der Waals surface area (Å²) in [5.74, 6) is 1.71. The van der Waals surface area contributed by atoms with Crippen molar-refractivity contribution >= 4 is 27.7 Å². The molecule has 3 atom stereocenters. The molecule has 29 heavy (non-hydrogen) atoms. The number of hydrogen-bond acceptors (Lipinski definition) is 6.